The van der Waals surface area contributed by atoms with Crippen LogP contribution < -0.4 is 4.90 Å². The smallest absolute Gasteiger partial charge is 0.286 e. The Kier molecular flexibility index (Phi) is 8.31. The molecule has 1 aliphatic heterocycles. The monoisotopic (exact) mass is 635 g/mol. The third kappa shape index (κ3) is 6.63. The molecule has 1 atom stereocenters. The van der Waals surface area contributed by atoms with Crippen LogP contribution in [0.4, 0.5) is 45.2 Å². The van der Waals surface area contributed by atoms with E-state index in [4.69, 9.17) is 11.6 Å². The highest BCUT2D eigenvalue weighted by Crippen LogP contribution is 2.39. The van der Waals surface area contributed by atoms with Crippen LogP contribution in [0.5, 0.6) is 0 Å². The van der Waals surface area contributed by atoms with E-state index >= 15 is 0 Å². The summed E-state index contributed by atoms with van der Waals surface area (Å²) >= 11 is 5.91. The first kappa shape index (κ1) is 31.9. The third-order valence-corrected chi connectivity index (χ3v) is 7.00. The Hall–Kier alpha value is -4.07. The van der Waals surface area contributed by atoms with Crippen LogP contribution in [0.3, 0.4) is 0 Å². The standard InChI is InChI=1S/C28H19ClF9N3O2/c1-25(17-5-3-2-4-6-17)15-40(39-23(25)16-7-12-20(21(29)13-16)27(33,34)35)14-22(42)41(24(43)28(36,37)38)19-10-8-18(9-11-19)26(30,31)32/h2-13H,14-15H2,1H3. The van der Waals surface area contributed by atoms with Crippen molar-refractivity contribution in [2.75, 3.05) is 18.0 Å². The van der Waals surface area contributed by atoms with Gasteiger partial charge in [0.1, 0.15) is 6.54 Å². The quantitative estimate of drug-likeness (QED) is 0.273. The Bertz CT molecular complexity index is 1550. The molecular formula is C28H19ClF9N3O2. The van der Waals surface area contributed by atoms with Crippen LogP contribution in [0.25, 0.3) is 0 Å². The van der Waals surface area contributed by atoms with Gasteiger partial charge < -0.3 is 0 Å². The molecule has 5 nitrogen and oxygen atoms in total. The number of halogens is 10. The van der Waals surface area contributed by atoms with Gasteiger partial charge in [0.05, 0.1) is 39.5 Å². The van der Waals surface area contributed by atoms with E-state index in [0.717, 1.165) is 23.2 Å². The maximum absolute atomic E-state index is 13.5. The van der Waals surface area contributed by atoms with Crippen molar-refractivity contribution >= 4 is 34.8 Å². The SMILES string of the molecule is CC1(c2ccccc2)CN(CC(=O)N(C(=O)C(F)(F)F)c2ccc(C(F)(F)F)cc2)N=C1c1ccc(C(F)(F)F)c(Cl)c1. The highest BCUT2D eigenvalue weighted by molar-refractivity contribution is 6.32. The van der Waals surface area contributed by atoms with E-state index in [1.54, 1.807) is 37.3 Å². The van der Waals surface area contributed by atoms with Crippen molar-refractivity contribution in [3.05, 3.63) is 100 Å². The third-order valence-electron chi connectivity index (χ3n) is 6.69. The van der Waals surface area contributed by atoms with Crippen LogP contribution in [0, 0.1) is 0 Å². The maximum Gasteiger partial charge on any atom is 0.472 e. The van der Waals surface area contributed by atoms with Gasteiger partial charge in [0.15, 0.2) is 0 Å². The van der Waals surface area contributed by atoms with Gasteiger partial charge in [-0.3, -0.25) is 14.6 Å². The van der Waals surface area contributed by atoms with Crippen LogP contribution in [-0.2, 0) is 27.4 Å². The normalized spacial score (nSPS) is 17.6. The van der Waals surface area contributed by atoms with Crippen molar-refractivity contribution in [2.45, 2.75) is 30.9 Å². The molecule has 0 fully saturated rings. The number of alkyl halides is 9. The van der Waals surface area contributed by atoms with Gasteiger partial charge in [0, 0.05) is 5.56 Å². The second kappa shape index (κ2) is 11.2. The van der Waals surface area contributed by atoms with Crippen LogP contribution in [0.2, 0.25) is 5.02 Å². The van der Waals surface area contributed by atoms with Crippen molar-refractivity contribution < 1.29 is 49.1 Å². The number of hydrogen-bond acceptors (Lipinski definition) is 4. The van der Waals surface area contributed by atoms with Gasteiger partial charge in [-0.25, -0.2) is 4.90 Å². The molecule has 0 saturated heterocycles. The summed E-state index contributed by atoms with van der Waals surface area (Å²) in [4.78, 5) is 25.2. The lowest BCUT2D eigenvalue weighted by Crippen LogP contribution is -2.48. The number of nitrogens with zero attached hydrogens (tertiary/aromatic N) is 3. The number of anilines is 1. The summed E-state index contributed by atoms with van der Waals surface area (Å²) in [5.74, 6) is -4.10. The van der Waals surface area contributed by atoms with E-state index in [9.17, 15) is 49.1 Å². The van der Waals surface area contributed by atoms with Crippen molar-refractivity contribution in [1.82, 2.24) is 5.01 Å². The van der Waals surface area contributed by atoms with Crippen molar-refractivity contribution in [3.8, 4) is 0 Å². The second-order valence-corrected chi connectivity index (χ2v) is 10.1. The summed E-state index contributed by atoms with van der Waals surface area (Å²) < 4.78 is 119. The largest absolute Gasteiger partial charge is 0.472 e. The molecule has 1 heterocycles. The predicted molar refractivity (Wildman–Crippen MR) is 138 cm³/mol. The second-order valence-electron chi connectivity index (χ2n) is 9.74. The summed E-state index contributed by atoms with van der Waals surface area (Å²) in [5, 5.41) is 4.71. The molecule has 3 aromatic carbocycles. The number of hydrazone groups is 1. The lowest BCUT2D eigenvalue weighted by molar-refractivity contribution is -0.171. The number of carbonyl (C=O) groups is 2. The predicted octanol–water partition coefficient (Wildman–Crippen LogP) is 7.48. The molecule has 0 N–H and O–H groups in total. The molecule has 43 heavy (non-hydrogen) atoms. The Morgan fingerprint density at radius 2 is 1.49 bits per heavy atom. The molecule has 0 aromatic heterocycles. The Labute approximate surface area is 243 Å². The van der Waals surface area contributed by atoms with E-state index in [2.05, 4.69) is 5.10 Å². The molecule has 1 aliphatic rings. The molecule has 1 unspecified atom stereocenters. The van der Waals surface area contributed by atoms with Gasteiger partial charge in [0.25, 0.3) is 5.91 Å². The van der Waals surface area contributed by atoms with Gasteiger partial charge in [0.2, 0.25) is 0 Å². The zero-order valence-corrected chi connectivity index (χ0v) is 22.5. The van der Waals surface area contributed by atoms with E-state index in [1.807, 2.05) is 0 Å². The van der Waals surface area contributed by atoms with Crippen LogP contribution >= 0.6 is 11.6 Å². The summed E-state index contributed by atoms with van der Waals surface area (Å²) in [6.07, 6.45) is -15.1. The minimum Gasteiger partial charge on any atom is -0.286 e. The number of hydrogen-bond donors (Lipinski definition) is 0. The number of carbonyl (C=O) groups excluding carboxylic acids is 2. The zero-order valence-electron chi connectivity index (χ0n) is 21.8. The number of imide groups is 1. The van der Waals surface area contributed by atoms with Gasteiger partial charge in [-0.2, -0.15) is 44.6 Å². The highest BCUT2D eigenvalue weighted by atomic mass is 35.5. The zero-order chi connectivity index (χ0) is 32.0. The van der Waals surface area contributed by atoms with Gasteiger partial charge in [-0.1, -0.05) is 48.0 Å². The van der Waals surface area contributed by atoms with E-state index < -0.39 is 64.1 Å². The maximum atomic E-state index is 13.5. The molecule has 2 amide bonds. The van der Waals surface area contributed by atoms with E-state index in [-0.39, 0.29) is 22.7 Å². The van der Waals surface area contributed by atoms with Gasteiger partial charge in [-0.15, -0.1) is 0 Å². The summed E-state index contributed by atoms with van der Waals surface area (Å²) in [6.45, 7) is 0.534. The lowest BCUT2D eigenvalue weighted by atomic mass is 9.76. The van der Waals surface area contributed by atoms with Crippen LogP contribution in [0.1, 0.15) is 29.2 Å². The summed E-state index contributed by atoms with van der Waals surface area (Å²) in [5.41, 5.74) is -3.36. The Morgan fingerprint density at radius 3 is 2.00 bits per heavy atom. The molecule has 0 saturated carbocycles. The highest BCUT2D eigenvalue weighted by Gasteiger charge is 2.47. The van der Waals surface area contributed by atoms with Crippen molar-refractivity contribution in [3.63, 3.8) is 0 Å². The molecule has 228 valence electrons. The molecule has 0 bridgehead atoms. The van der Waals surface area contributed by atoms with Crippen LogP contribution in [-0.4, -0.2) is 41.8 Å². The molecule has 3 aromatic rings. The van der Waals surface area contributed by atoms with Crippen molar-refractivity contribution in [1.29, 1.82) is 0 Å². The van der Waals surface area contributed by atoms with Crippen LogP contribution in [0.15, 0.2) is 77.9 Å². The van der Waals surface area contributed by atoms with Gasteiger partial charge >= 0.3 is 24.4 Å². The summed E-state index contributed by atoms with van der Waals surface area (Å²) in [6, 6.07) is 13.2. The molecule has 15 heteroatoms. The van der Waals surface area contributed by atoms with E-state index in [1.165, 1.54) is 0 Å². The number of rotatable bonds is 5. The first-order chi connectivity index (χ1) is 19.8. The fourth-order valence-corrected chi connectivity index (χ4v) is 4.94. The van der Waals surface area contributed by atoms with E-state index in [0.29, 0.717) is 29.8 Å². The minimum absolute atomic E-state index is 0.130. The van der Waals surface area contributed by atoms with Gasteiger partial charge in [-0.05, 0) is 48.9 Å². The topological polar surface area (TPSA) is 53.0 Å². The fraction of sp³-hybridized carbons (Fsp3) is 0.250. The Morgan fingerprint density at radius 1 is 0.884 bits per heavy atom. The average Bonchev–Trinajstić information content (AvgIpc) is 3.24. The molecule has 4 rings (SSSR count). The first-order valence-electron chi connectivity index (χ1n) is 12.2. The molecule has 0 aliphatic carbocycles. The molecule has 0 spiro atoms. The molecular weight excluding hydrogens is 617 g/mol. The summed E-state index contributed by atoms with van der Waals surface area (Å²) in [7, 11) is 0. The average molecular weight is 636 g/mol. The van der Waals surface area contributed by atoms with Crippen molar-refractivity contribution in [2.24, 2.45) is 5.10 Å². The fourth-order valence-electron chi connectivity index (χ4n) is 4.65. The number of amides is 2. The molecule has 0 radical (unpaired) electrons. The number of benzene rings is 3. The minimum atomic E-state index is -5.56. The lowest BCUT2D eigenvalue weighted by Gasteiger charge is -2.28. The first-order valence-corrected chi connectivity index (χ1v) is 12.6. The Balaban J connectivity index is 1.73.